The van der Waals surface area contributed by atoms with Gasteiger partial charge in [-0.25, -0.2) is 9.48 Å². The summed E-state index contributed by atoms with van der Waals surface area (Å²) in [5, 5.41) is 8.19. The molecular weight excluding hydrogens is 276 g/mol. The van der Waals surface area contributed by atoms with Gasteiger partial charge in [0.1, 0.15) is 0 Å². The zero-order valence-corrected chi connectivity index (χ0v) is 11.4. The van der Waals surface area contributed by atoms with Gasteiger partial charge in [-0.3, -0.25) is 4.40 Å². The number of hydrogen-bond acceptors (Lipinski definition) is 3. The first-order valence-corrected chi connectivity index (χ1v) is 6.65. The lowest BCUT2D eigenvalue weighted by atomic mass is 10.3. The molecule has 0 aliphatic carbocycles. The number of fused-ring (bicyclic) bond motifs is 1. The lowest BCUT2D eigenvalue weighted by molar-refractivity contribution is 0.614. The van der Waals surface area contributed by atoms with Crippen LogP contribution >= 0.6 is 11.6 Å². The molecule has 0 saturated carbocycles. The molecule has 0 spiro atoms. The van der Waals surface area contributed by atoms with E-state index in [4.69, 9.17) is 11.6 Å². The maximum absolute atomic E-state index is 12.0. The summed E-state index contributed by atoms with van der Waals surface area (Å²) in [4.78, 5) is 12.0. The SMILES string of the molecule is O=c1n(CCNc2ccc(Cl)cc2)nc2ccccn12. The molecule has 20 heavy (non-hydrogen) atoms. The lowest BCUT2D eigenvalue weighted by Crippen LogP contribution is -2.24. The number of nitrogens with one attached hydrogen (secondary N) is 1. The first-order valence-electron chi connectivity index (χ1n) is 6.28. The third kappa shape index (κ3) is 2.53. The number of halogens is 1. The van der Waals surface area contributed by atoms with Crippen molar-refractivity contribution in [1.29, 1.82) is 0 Å². The first-order chi connectivity index (χ1) is 9.74. The van der Waals surface area contributed by atoms with Crippen LogP contribution in [0.15, 0.2) is 53.5 Å². The minimum absolute atomic E-state index is 0.126. The summed E-state index contributed by atoms with van der Waals surface area (Å²) in [6.07, 6.45) is 1.72. The highest BCUT2D eigenvalue weighted by molar-refractivity contribution is 6.30. The van der Waals surface area contributed by atoms with Crippen molar-refractivity contribution in [3.8, 4) is 0 Å². The highest BCUT2D eigenvalue weighted by Crippen LogP contribution is 2.12. The summed E-state index contributed by atoms with van der Waals surface area (Å²) in [5.74, 6) is 0. The van der Waals surface area contributed by atoms with Gasteiger partial charge in [-0.05, 0) is 36.4 Å². The van der Waals surface area contributed by atoms with E-state index in [0.717, 1.165) is 5.69 Å². The lowest BCUT2D eigenvalue weighted by Gasteiger charge is -2.05. The predicted molar refractivity (Wildman–Crippen MR) is 79.4 cm³/mol. The van der Waals surface area contributed by atoms with Gasteiger partial charge in [0.25, 0.3) is 0 Å². The minimum Gasteiger partial charge on any atom is -0.383 e. The Morgan fingerprint density at radius 3 is 2.70 bits per heavy atom. The molecule has 0 atom stereocenters. The Labute approximate surface area is 120 Å². The quantitative estimate of drug-likeness (QED) is 0.801. The van der Waals surface area contributed by atoms with Crippen LogP contribution in [-0.2, 0) is 6.54 Å². The molecule has 0 saturated heterocycles. The van der Waals surface area contributed by atoms with Crippen molar-refractivity contribution in [1.82, 2.24) is 14.2 Å². The van der Waals surface area contributed by atoms with Gasteiger partial charge < -0.3 is 5.32 Å². The fourth-order valence-electron chi connectivity index (χ4n) is 1.99. The van der Waals surface area contributed by atoms with E-state index in [1.807, 2.05) is 42.5 Å². The molecular formula is C14H13ClN4O. The van der Waals surface area contributed by atoms with E-state index < -0.39 is 0 Å². The number of pyridine rings is 1. The Kier molecular flexibility index (Phi) is 3.43. The second kappa shape index (κ2) is 5.38. The van der Waals surface area contributed by atoms with Crippen molar-refractivity contribution < 1.29 is 0 Å². The van der Waals surface area contributed by atoms with Crippen LogP contribution in [0.5, 0.6) is 0 Å². The summed E-state index contributed by atoms with van der Waals surface area (Å²) in [6.45, 7) is 1.12. The normalized spacial score (nSPS) is 10.8. The predicted octanol–water partition coefficient (Wildman–Crippen LogP) is 2.26. The van der Waals surface area contributed by atoms with Crippen molar-refractivity contribution in [3.63, 3.8) is 0 Å². The molecule has 0 aliphatic heterocycles. The van der Waals surface area contributed by atoms with E-state index in [0.29, 0.717) is 23.8 Å². The molecule has 102 valence electrons. The Morgan fingerprint density at radius 1 is 1.15 bits per heavy atom. The van der Waals surface area contributed by atoms with Gasteiger partial charge in [0, 0.05) is 23.5 Å². The topological polar surface area (TPSA) is 51.3 Å². The van der Waals surface area contributed by atoms with Gasteiger partial charge >= 0.3 is 5.69 Å². The summed E-state index contributed by atoms with van der Waals surface area (Å²) in [5.41, 5.74) is 1.49. The molecule has 0 radical (unpaired) electrons. The molecule has 0 fully saturated rings. The largest absolute Gasteiger partial charge is 0.383 e. The van der Waals surface area contributed by atoms with Crippen LogP contribution in [0.4, 0.5) is 5.69 Å². The Morgan fingerprint density at radius 2 is 1.95 bits per heavy atom. The Hall–Kier alpha value is -2.27. The second-order valence-electron chi connectivity index (χ2n) is 4.37. The fraction of sp³-hybridized carbons (Fsp3) is 0.143. The molecule has 0 bridgehead atoms. The van der Waals surface area contributed by atoms with Crippen LogP contribution in [0, 0.1) is 0 Å². The van der Waals surface area contributed by atoms with E-state index in [1.165, 1.54) is 9.08 Å². The van der Waals surface area contributed by atoms with Gasteiger partial charge in [-0.15, -0.1) is 5.10 Å². The maximum atomic E-state index is 12.0. The third-order valence-corrected chi connectivity index (χ3v) is 3.24. The molecule has 3 rings (SSSR count). The molecule has 3 aromatic rings. The maximum Gasteiger partial charge on any atom is 0.350 e. The van der Waals surface area contributed by atoms with Crippen LogP contribution < -0.4 is 11.0 Å². The number of benzene rings is 1. The number of aromatic nitrogens is 3. The zero-order valence-electron chi connectivity index (χ0n) is 10.7. The summed E-state index contributed by atoms with van der Waals surface area (Å²) < 4.78 is 2.99. The van der Waals surface area contributed by atoms with E-state index in [-0.39, 0.29) is 5.69 Å². The van der Waals surface area contributed by atoms with Gasteiger partial charge in [0.05, 0.1) is 6.54 Å². The van der Waals surface area contributed by atoms with Gasteiger partial charge in [0.15, 0.2) is 5.65 Å². The molecule has 1 aromatic carbocycles. The molecule has 2 heterocycles. The van der Waals surface area contributed by atoms with Crippen LogP contribution in [-0.4, -0.2) is 20.7 Å². The van der Waals surface area contributed by atoms with Crippen LogP contribution in [0.2, 0.25) is 5.02 Å². The number of nitrogens with zero attached hydrogens (tertiary/aromatic N) is 3. The summed E-state index contributed by atoms with van der Waals surface area (Å²) in [7, 11) is 0. The third-order valence-electron chi connectivity index (χ3n) is 2.99. The highest BCUT2D eigenvalue weighted by atomic mass is 35.5. The van der Waals surface area contributed by atoms with E-state index in [1.54, 1.807) is 6.20 Å². The highest BCUT2D eigenvalue weighted by Gasteiger charge is 2.04. The van der Waals surface area contributed by atoms with Crippen LogP contribution in [0.3, 0.4) is 0 Å². The number of hydrogen-bond donors (Lipinski definition) is 1. The zero-order chi connectivity index (χ0) is 13.9. The van der Waals surface area contributed by atoms with Gasteiger partial charge in [-0.2, -0.15) is 0 Å². The smallest absolute Gasteiger partial charge is 0.350 e. The first kappa shape index (κ1) is 12.7. The van der Waals surface area contributed by atoms with Crippen molar-refractivity contribution in [2.24, 2.45) is 0 Å². The summed E-state index contributed by atoms with van der Waals surface area (Å²) >= 11 is 5.82. The average molecular weight is 289 g/mol. The molecule has 6 heteroatoms. The second-order valence-corrected chi connectivity index (χ2v) is 4.80. The number of rotatable bonds is 4. The molecule has 0 amide bonds. The fourth-order valence-corrected chi connectivity index (χ4v) is 2.11. The van der Waals surface area contributed by atoms with Crippen molar-refractivity contribution >= 4 is 22.9 Å². The summed E-state index contributed by atoms with van der Waals surface area (Å²) in [6, 6.07) is 12.9. The standard InChI is InChI=1S/C14H13ClN4O/c15-11-4-6-12(7-5-11)16-8-10-19-14(20)18-9-2-1-3-13(18)17-19/h1-7,9,16H,8,10H2. The molecule has 0 aliphatic rings. The monoisotopic (exact) mass is 288 g/mol. The molecule has 0 unspecified atom stereocenters. The van der Waals surface area contributed by atoms with Crippen LogP contribution in [0.1, 0.15) is 0 Å². The van der Waals surface area contributed by atoms with Crippen molar-refractivity contribution in [3.05, 3.63) is 64.2 Å². The van der Waals surface area contributed by atoms with Crippen molar-refractivity contribution in [2.75, 3.05) is 11.9 Å². The van der Waals surface area contributed by atoms with Crippen molar-refractivity contribution in [2.45, 2.75) is 6.54 Å². The van der Waals surface area contributed by atoms with Crippen LogP contribution in [0.25, 0.3) is 5.65 Å². The Bertz CT molecular complexity index is 776. The molecule has 1 N–H and O–H groups in total. The van der Waals surface area contributed by atoms with E-state index >= 15 is 0 Å². The number of anilines is 1. The van der Waals surface area contributed by atoms with Gasteiger partial charge in [0.2, 0.25) is 0 Å². The Balaban J connectivity index is 1.69. The molecule has 2 aromatic heterocycles. The van der Waals surface area contributed by atoms with E-state index in [2.05, 4.69) is 10.4 Å². The minimum atomic E-state index is -0.126. The van der Waals surface area contributed by atoms with Gasteiger partial charge in [-0.1, -0.05) is 17.7 Å². The average Bonchev–Trinajstić information content (AvgIpc) is 2.78. The molecule has 5 nitrogen and oxygen atoms in total. The van der Waals surface area contributed by atoms with E-state index in [9.17, 15) is 4.79 Å².